The lowest BCUT2D eigenvalue weighted by Crippen LogP contribution is -2.46. The first kappa shape index (κ1) is 30.6. The molecular weight excluding hydrogens is 550 g/mol. The van der Waals surface area contributed by atoms with Crippen LogP contribution in [0.1, 0.15) is 81.8 Å². The van der Waals surface area contributed by atoms with Gasteiger partial charge in [-0.1, -0.05) is 51.0 Å². The Labute approximate surface area is 234 Å². The van der Waals surface area contributed by atoms with E-state index in [1.54, 1.807) is 6.26 Å². The molecule has 0 bridgehead atoms. The molecule has 1 aromatic carbocycles. The van der Waals surface area contributed by atoms with Crippen molar-refractivity contribution in [2.75, 3.05) is 13.1 Å². The number of hydrogen-bond donors (Lipinski definition) is 1. The molecule has 7 nitrogen and oxygen atoms in total. The predicted molar refractivity (Wildman–Crippen MR) is 142 cm³/mol. The van der Waals surface area contributed by atoms with Crippen molar-refractivity contribution >= 4 is 15.9 Å². The zero-order chi connectivity index (χ0) is 28.8. The highest BCUT2D eigenvalue weighted by Gasteiger charge is 2.47. The number of unbranched alkanes of at least 4 members (excludes halogenated alkanes) is 1. The third kappa shape index (κ3) is 8.11. The van der Waals surface area contributed by atoms with E-state index in [1.807, 2.05) is 6.20 Å². The van der Waals surface area contributed by atoms with Gasteiger partial charge in [0.05, 0.1) is 6.04 Å². The Kier molecular flexibility index (Phi) is 10.4. The summed E-state index contributed by atoms with van der Waals surface area (Å²) < 4.78 is 81.4. The highest BCUT2D eigenvalue weighted by molar-refractivity contribution is 7.90. The van der Waals surface area contributed by atoms with Crippen LogP contribution >= 0.6 is 0 Å². The van der Waals surface area contributed by atoms with Gasteiger partial charge < -0.3 is 9.64 Å². The van der Waals surface area contributed by atoms with Crippen LogP contribution in [-0.4, -0.2) is 55.0 Å². The Balaban J connectivity index is 1.32. The smallest absolute Gasteiger partial charge is 0.475 e. The normalized spacial score (nSPS) is 22.6. The summed E-state index contributed by atoms with van der Waals surface area (Å²) in [4.78, 5) is 16.4. The van der Waals surface area contributed by atoms with Crippen LogP contribution in [0.2, 0.25) is 0 Å². The maximum Gasteiger partial charge on any atom is 0.516 e. The van der Waals surface area contributed by atoms with Gasteiger partial charge in [0.2, 0.25) is 5.91 Å². The Morgan fingerprint density at radius 2 is 1.82 bits per heavy atom. The van der Waals surface area contributed by atoms with Gasteiger partial charge in [0.1, 0.15) is 12.1 Å². The molecule has 4 rings (SSSR count). The summed E-state index contributed by atoms with van der Waals surface area (Å²) in [7, 11) is -5.77. The van der Waals surface area contributed by atoms with Gasteiger partial charge >= 0.3 is 15.5 Å². The number of halogens is 4. The third-order valence-electron chi connectivity index (χ3n) is 8.26. The SMILES string of the molecule is O=C(CCc1ccc(F)cc1CN1CCCC1[C@@H]1OC=CN1CCCCC1CCCCC1)NS(=O)(=O)C(F)(F)F. The van der Waals surface area contributed by atoms with Crippen molar-refractivity contribution in [1.29, 1.82) is 0 Å². The van der Waals surface area contributed by atoms with Crippen molar-refractivity contribution in [2.24, 2.45) is 5.92 Å². The minimum Gasteiger partial charge on any atom is -0.475 e. The standard InChI is InChI=1S/C28H39F4N3O4S/c29-24-13-11-22(12-14-26(36)33-40(37,38)28(30,31)32)23(19-24)20-35-16-6-10-25(35)27-34(17-18-39-27)15-5-4-9-21-7-2-1-3-8-21/h11,13,17-19,21,25,27H,1-10,12,14-16,20H2,(H,33,36)/t25?,27-/m0/s1. The van der Waals surface area contributed by atoms with Crippen LogP contribution in [0.4, 0.5) is 17.6 Å². The fourth-order valence-corrected chi connectivity index (χ4v) is 6.67. The van der Waals surface area contributed by atoms with Gasteiger partial charge in [0.25, 0.3) is 0 Å². The molecule has 40 heavy (non-hydrogen) atoms. The molecule has 2 aliphatic heterocycles. The number of alkyl halides is 3. The highest BCUT2D eigenvalue weighted by Crippen LogP contribution is 2.31. The number of likely N-dealkylation sites (tertiary alicyclic amines) is 1. The number of nitrogens with one attached hydrogen (secondary N) is 1. The molecule has 1 saturated heterocycles. The molecule has 0 radical (unpaired) electrons. The minimum absolute atomic E-state index is 0.0259. The molecule has 1 N–H and O–H groups in total. The van der Waals surface area contributed by atoms with Crippen molar-refractivity contribution in [1.82, 2.24) is 14.5 Å². The molecule has 1 aliphatic carbocycles. The quantitative estimate of drug-likeness (QED) is 0.254. The third-order valence-corrected chi connectivity index (χ3v) is 9.37. The lowest BCUT2D eigenvalue weighted by atomic mass is 9.86. The van der Waals surface area contributed by atoms with E-state index in [-0.39, 0.29) is 18.7 Å². The van der Waals surface area contributed by atoms with E-state index in [2.05, 4.69) is 9.80 Å². The largest absolute Gasteiger partial charge is 0.516 e. The minimum atomic E-state index is -5.77. The zero-order valence-corrected chi connectivity index (χ0v) is 23.5. The second-order valence-electron chi connectivity index (χ2n) is 11.1. The van der Waals surface area contributed by atoms with E-state index in [0.29, 0.717) is 17.7 Å². The summed E-state index contributed by atoms with van der Waals surface area (Å²) in [5, 5.41) is 0. The average Bonchev–Trinajstić information content (AvgIpc) is 3.55. The molecule has 2 atom stereocenters. The van der Waals surface area contributed by atoms with Crippen LogP contribution in [-0.2, 0) is 32.5 Å². The number of rotatable bonds is 12. The summed E-state index contributed by atoms with van der Waals surface area (Å²) >= 11 is 0. The molecule has 1 saturated carbocycles. The molecule has 2 heterocycles. The van der Waals surface area contributed by atoms with Gasteiger partial charge in [-0.15, -0.1) is 0 Å². The van der Waals surface area contributed by atoms with Gasteiger partial charge in [-0.3, -0.25) is 9.69 Å². The maximum absolute atomic E-state index is 14.2. The van der Waals surface area contributed by atoms with Gasteiger partial charge in [-0.25, -0.2) is 9.11 Å². The van der Waals surface area contributed by atoms with Crippen LogP contribution < -0.4 is 4.72 Å². The van der Waals surface area contributed by atoms with Crippen LogP contribution in [0.3, 0.4) is 0 Å². The van der Waals surface area contributed by atoms with E-state index in [4.69, 9.17) is 4.74 Å². The topological polar surface area (TPSA) is 79.0 Å². The van der Waals surface area contributed by atoms with Gasteiger partial charge in [0, 0.05) is 25.7 Å². The van der Waals surface area contributed by atoms with Crippen molar-refractivity contribution in [2.45, 2.75) is 101 Å². The second-order valence-corrected chi connectivity index (χ2v) is 12.8. The van der Waals surface area contributed by atoms with Gasteiger partial charge in [-0.2, -0.15) is 21.6 Å². The fraction of sp³-hybridized carbons (Fsp3) is 0.679. The maximum atomic E-state index is 14.2. The van der Waals surface area contributed by atoms with Gasteiger partial charge in [0.15, 0.2) is 6.23 Å². The van der Waals surface area contributed by atoms with Crippen LogP contribution in [0.15, 0.2) is 30.7 Å². The number of amides is 1. The van der Waals surface area contributed by atoms with E-state index < -0.39 is 33.7 Å². The summed E-state index contributed by atoms with van der Waals surface area (Å²) in [6, 6.07) is 4.16. The van der Waals surface area contributed by atoms with Crippen molar-refractivity contribution in [3.63, 3.8) is 0 Å². The van der Waals surface area contributed by atoms with E-state index >= 15 is 0 Å². The zero-order valence-electron chi connectivity index (χ0n) is 22.7. The molecular formula is C28H39F4N3O4S. The molecule has 12 heteroatoms. The first-order chi connectivity index (χ1) is 19.0. The van der Waals surface area contributed by atoms with Crippen LogP contribution in [0.5, 0.6) is 0 Å². The first-order valence-electron chi connectivity index (χ1n) is 14.2. The van der Waals surface area contributed by atoms with E-state index in [0.717, 1.165) is 43.0 Å². The van der Waals surface area contributed by atoms with Gasteiger partial charge in [-0.05, 0) is 61.4 Å². The number of hydrogen-bond acceptors (Lipinski definition) is 6. The van der Waals surface area contributed by atoms with Crippen LogP contribution in [0.25, 0.3) is 0 Å². The summed E-state index contributed by atoms with van der Waals surface area (Å²) in [5.74, 6) is -0.867. The Hall–Kier alpha value is -2.34. The predicted octanol–water partition coefficient (Wildman–Crippen LogP) is 5.57. The highest BCUT2D eigenvalue weighted by atomic mass is 32.2. The van der Waals surface area contributed by atoms with Crippen molar-refractivity contribution in [3.8, 4) is 0 Å². The monoisotopic (exact) mass is 589 g/mol. The second kappa shape index (κ2) is 13.5. The molecule has 1 amide bonds. The number of carbonyl (C=O) groups excluding carboxylic acids is 1. The Morgan fingerprint density at radius 1 is 1.05 bits per heavy atom. The first-order valence-corrected chi connectivity index (χ1v) is 15.7. The molecule has 0 aromatic heterocycles. The summed E-state index contributed by atoms with van der Waals surface area (Å²) in [6.07, 6.45) is 15.3. The average molecular weight is 590 g/mol. The number of nitrogens with zero attached hydrogens (tertiary/aromatic N) is 2. The molecule has 2 fully saturated rings. The van der Waals surface area contributed by atoms with Crippen molar-refractivity contribution in [3.05, 3.63) is 47.6 Å². The lowest BCUT2D eigenvalue weighted by molar-refractivity contribution is -0.120. The number of benzene rings is 1. The Bertz CT molecular complexity index is 1140. The number of aryl methyl sites for hydroxylation is 1. The fourth-order valence-electron chi connectivity index (χ4n) is 6.16. The number of ether oxygens (including phenoxy) is 1. The van der Waals surface area contributed by atoms with Crippen molar-refractivity contribution < 1.29 is 35.5 Å². The number of carbonyl (C=O) groups is 1. The van der Waals surface area contributed by atoms with Crippen LogP contribution in [0, 0.1) is 11.7 Å². The number of sulfonamides is 1. The molecule has 0 spiro atoms. The molecule has 3 aliphatic rings. The Morgan fingerprint density at radius 3 is 2.58 bits per heavy atom. The summed E-state index contributed by atoms with van der Waals surface area (Å²) in [6.45, 7) is 2.06. The lowest BCUT2D eigenvalue weighted by Gasteiger charge is -2.35. The molecule has 1 unspecified atom stereocenters. The van der Waals surface area contributed by atoms with E-state index in [1.165, 1.54) is 63.1 Å². The molecule has 224 valence electrons. The molecule has 1 aromatic rings. The van der Waals surface area contributed by atoms with E-state index in [9.17, 15) is 30.8 Å². The summed E-state index contributed by atoms with van der Waals surface area (Å²) in [5.41, 5.74) is -4.38.